The molecule has 0 aromatic carbocycles. The van der Waals surface area contributed by atoms with E-state index in [4.69, 9.17) is 0 Å². The second-order valence-electron chi connectivity index (χ2n) is 2.91. The molecule has 0 heterocycles. The van der Waals surface area contributed by atoms with E-state index < -0.39 is 0 Å². The van der Waals surface area contributed by atoms with Crippen LogP contribution in [0.25, 0.3) is 0 Å². The third-order valence-corrected chi connectivity index (χ3v) is 2.11. The van der Waals surface area contributed by atoms with Gasteiger partial charge in [0.1, 0.15) is 0 Å². The number of allylic oxidation sites excluding steroid dienone is 4. The van der Waals surface area contributed by atoms with E-state index in [1.54, 1.807) is 11.1 Å². The molecule has 0 aliphatic heterocycles. The molecule has 0 fully saturated rings. The summed E-state index contributed by atoms with van der Waals surface area (Å²) in [7, 11) is 0. The molecule has 9 heavy (non-hydrogen) atoms. The average Bonchev–Trinajstić information content (AvgIpc) is 2.71. The van der Waals surface area contributed by atoms with E-state index in [0.29, 0.717) is 0 Å². The number of rotatable bonds is 1. The molecular weight excluding hydrogens is 108 g/mol. The van der Waals surface area contributed by atoms with Crippen LogP contribution in [-0.4, -0.2) is 0 Å². The summed E-state index contributed by atoms with van der Waals surface area (Å²) in [6.45, 7) is 0. The van der Waals surface area contributed by atoms with Crippen LogP contribution >= 0.6 is 0 Å². The topological polar surface area (TPSA) is 0 Å². The van der Waals surface area contributed by atoms with Crippen molar-refractivity contribution in [3.05, 3.63) is 23.3 Å². The fraction of sp³-hybridized carbons (Fsp3) is 0.556. The van der Waals surface area contributed by atoms with E-state index >= 15 is 0 Å². The van der Waals surface area contributed by atoms with Gasteiger partial charge in [0, 0.05) is 0 Å². The summed E-state index contributed by atoms with van der Waals surface area (Å²) in [5.74, 6) is 0. The van der Waals surface area contributed by atoms with E-state index in [9.17, 15) is 0 Å². The van der Waals surface area contributed by atoms with E-state index in [2.05, 4.69) is 12.2 Å². The van der Waals surface area contributed by atoms with Crippen LogP contribution in [0.15, 0.2) is 23.3 Å². The minimum Gasteiger partial charge on any atom is -0.0810 e. The maximum absolute atomic E-state index is 2.42. The van der Waals surface area contributed by atoms with Crippen molar-refractivity contribution < 1.29 is 0 Å². The zero-order chi connectivity index (χ0) is 6.10. The highest BCUT2D eigenvalue weighted by Crippen LogP contribution is 2.33. The molecule has 0 heteroatoms. The molecule has 0 amide bonds. The van der Waals surface area contributed by atoms with Gasteiger partial charge in [0.25, 0.3) is 0 Å². The van der Waals surface area contributed by atoms with Crippen molar-refractivity contribution in [2.24, 2.45) is 0 Å². The highest BCUT2D eigenvalue weighted by Gasteiger charge is 2.13. The Bertz CT molecular complexity index is 172. The van der Waals surface area contributed by atoms with Gasteiger partial charge in [0.2, 0.25) is 0 Å². The fourth-order valence-electron chi connectivity index (χ4n) is 1.44. The zero-order valence-corrected chi connectivity index (χ0v) is 5.69. The van der Waals surface area contributed by atoms with Gasteiger partial charge in [-0.2, -0.15) is 0 Å². The van der Waals surface area contributed by atoms with Crippen molar-refractivity contribution in [3.63, 3.8) is 0 Å². The lowest BCUT2D eigenvalue weighted by atomic mass is 9.98. The first-order valence-corrected chi connectivity index (χ1v) is 3.85. The van der Waals surface area contributed by atoms with Crippen LogP contribution in [0.1, 0.15) is 32.1 Å². The molecule has 0 radical (unpaired) electrons. The lowest BCUT2D eigenvalue weighted by Gasteiger charge is -2.08. The summed E-state index contributed by atoms with van der Waals surface area (Å²) in [5.41, 5.74) is 3.29. The SMILES string of the molecule is C1=C(C2=CCCCC2)C1. The molecule has 0 bridgehead atoms. The van der Waals surface area contributed by atoms with E-state index in [1.807, 2.05) is 0 Å². The molecule has 0 aromatic heterocycles. The van der Waals surface area contributed by atoms with Crippen LogP contribution in [0, 0.1) is 0 Å². The van der Waals surface area contributed by atoms with Gasteiger partial charge in [0.15, 0.2) is 0 Å². The predicted molar refractivity (Wildman–Crippen MR) is 39.3 cm³/mol. The smallest absolute Gasteiger partial charge is 0.00918 e. The van der Waals surface area contributed by atoms with E-state index in [-0.39, 0.29) is 0 Å². The highest BCUT2D eigenvalue weighted by atomic mass is 14.2. The van der Waals surface area contributed by atoms with Crippen LogP contribution in [0.4, 0.5) is 0 Å². The quantitative estimate of drug-likeness (QED) is 0.499. The first-order valence-electron chi connectivity index (χ1n) is 3.85. The van der Waals surface area contributed by atoms with Gasteiger partial charge in [-0.3, -0.25) is 0 Å². The van der Waals surface area contributed by atoms with E-state index in [0.717, 1.165) is 0 Å². The van der Waals surface area contributed by atoms with Gasteiger partial charge in [-0.25, -0.2) is 0 Å². The van der Waals surface area contributed by atoms with Gasteiger partial charge >= 0.3 is 0 Å². The van der Waals surface area contributed by atoms with Crippen molar-refractivity contribution in [2.45, 2.75) is 32.1 Å². The summed E-state index contributed by atoms with van der Waals surface area (Å²) in [6, 6.07) is 0. The van der Waals surface area contributed by atoms with Crippen LogP contribution in [0.3, 0.4) is 0 Å². The Morgan fingerprint density at radius 1 is 1.00 bits per heavy atom. The maximum Gasteiger partial charge on any atom is -0.00918 e. The summed E-state index contributed by atoms with van der Waals surface area (Å²) in [4.78, 5) is 0. The minimum atomic E-state index is 1.28. The molecule has 48 valence electrons. The molecule has 0 aromatic rings. The second kappa shape index (κ2) is 2.02. The number of hydrogen-bond donors (Lipinski definition) is 0. The van der Waals surface area contributed by atoms with Gasteiger partial charge < -0.3 is 0 Å². The zero-order valence-electron chi connectivity index (χ0n) is 5.69. The van der Waals surface area contributed by atoms with Crippen molar-refractivity contribution in [3.8, 4) is 0 Å². The first kappa shape index (κ1) is 5.28. The van der Waals surface area contributed by atoms with Gasteiger partial charge in [-0.1, -0.05) is 12.2 Å². The predicted octanol–water partition coefficient (Wildman–Crippen LogP) is 2.82. The van der Waals surface area contributed by atoms with Gasteiger partial charge in [0.05, 0.1) is 0 Å². The highest BCUT2D eigenvalue weighted by molar-refractivity contribution is 5.42. The third kappa shape index (κ3) is 1.07. The van der Waals surface area contributed by atoms with Crippen molar-refractivity contribution in [1.29, 1.82) is 0 Å². The lowest BCUT2D eigenvalue weighted by molar-refractivity contribution is 0.708. The van der Waals surface area contributed by atoms with Crippen LogP contribution in [0.5, 0.6) is 0 Å². The van der Waals surface area contributed by atoms with E-state index in [1.165, 1.54) is 32.1 Å². The molecule has 0 unspecified atom stereocenters. The molecule has 2 aliphatic carbocycles. The first-order chi connectivity index (χ1) is 4.47. The molecule has 0 nitrogen and oxygen atoms in total. The molecule has 2 rings (SSSR count). The van der Waals surface area contributed by atoms with Crippen molar-refractivity contribution >= 4 is 0 Å². The molecule has 0 atom stereocenters. The Morgan fingerprint density at radius 3 is 2.44 bits per heavy atom. The maximum atomic E-state index is 2.42. The van der Waals surface area contributed by atoms with Gasteiger partial charge in [-0.05, 0) is 43.3 Å². The van der Waals surface area contributed by atoms with Crippen molar-refractivity contribution in [2.75, 3.05) is 0 Å². The molecule has 0 N–H and O–H groups in total. The molecule has 0 saturated heterocycles. The molecule has 0 saturated carbocycles. The summed E-state index contributed by atoms with van der Waals surface area (Å²) in [6.07, 6.45) is 11.5. The summed E-state index contributed by atoms with van der Waals surface area (Å²) >= 11 is 0. The molecular formula is C9H12. The van der Waals surface area contributed by atoms with Crippen molar-refractivity contribution in [1.82, 2.24) is 0 Å². The number of hydrogen-bond acceptors (Lipinski definition) is 0. The largest absolute Gasteiger partial charge is 0.0810 e. The average molecular weight is 120 g/mol. The summed E-state index contributed by atoms with van der Waals surface area (Å²) in [5, 5.41) is 0. The van der Waals surface area contributed by atoms with Crippen LogP contribution in [-0.2, 0) is 0 Å². The minimum absolute atomic E-state index is 1.28. The second-order valence-corrected chi connectivity index (χ2v) is 2.91. The molecule has 0 spiro atoms. The molecule has 2 aliphatic rings. The standard InChI is InChI=1S/C9H12/c1-2-4-8(5-3-1)9-6-7-9/h4,6H,1-3,5,7H2. The fourth-order valence-corrected chi connectivity index (χ4v) is 1.44. The third-order valence-electron chi connectivity index (χ3n) is 2.11. The van der Waals surface area contributed by atoms with Gasteiger partial charge in [-0.15, -0.1) is 0 Å². The Hall–Kier alpha value is -0.520. The Balaban J connectivity index is 2.07. The Labute approximate surface area is 56.3 Å². The Kier molecular flexibility index (Phi) is 1.18. The summed E-state index contributed by atoms with van der Waals surface area (Å²) < 4.78 is 0. The van der Waals surface area contributed by atoms with Crippen LogP contribution < -0.4 is 0 Å². The normalized spacial score (nSPS) is 24.9. The monoisotopic (exact) mass is 120 g/mol. The lowest BCUT2D eigenvalue weighted by Crippen LogP contribution is -1.88. The van der Waals surface area contributed by atoms with Crippen LogP contribution in [0.2, 0.25) is 0 Å². The Morgan fingerprint density at radius 2 is 1.89 bits per heavy atom.